The molecule has 2 N–H and O–H groups in total. The van der Waals surface area contributed by atoms with Crippen LogP contribution >= 0.6 is 0 Å². The Bertz CT molecular complexity index is 517. The summed E-state index contributed by atoms with van der Waals surface area (Å²) in [4.78, 5) is 8.29. The minimum Gasteiger partial charge on any atom is -0.474 e. The standard InChI is InChI=1S/C10H13N5O/c1-6-2-9(16-8-3-7(11)4-8)15-10(14-6)12-5-13-15/h2,5,7-8H,3-4,11H2,1H3. The average molecular weight is 219 g/mol. The molecule has 1 saturated carbocycles. The Morgan fingerprint density at radius 2 is 2.31 bits per heavy atom. The predicted molar refractivity (Wildman–Crippen MR) is 57.1 cm³/mol. The first kappa shape index (κ1) is 9.53. The molecule has 6 heteroatoms. The highest BCUT2D eigenvalue weighted by Crippen LogP contribution is 2.24. The van der Waals surface area contributed by atoms with Crippen LogP contribution in [0.1, 0.15) is 18.5 Å². The topological polar surface area (TPSA) is 78.3 Å². The molecule has 0 spiro atoms. The summed E-state index contributed by atoms with van der Waals surface area (Å²) in [5.41, 5.74) is 6.59. The van der Waals surface area contributed by atoms with Gasteiger partial charge >= 0.3 is 0 Å². The van der Waals surface area contributed by atoms with E-state index in [1.165, 1.54) is 6.33 Å². The van der Waals surface area contributed by atoms with Crippen molar-refractivity contribution in [3.8, 4) is 5.88 Å². The fourth-order valence-electron chi connectivity index (χ4n) is 1.85. The zero-order valence-electron chi connectivity index (χ0n) is 9.00. The van der Waals surface area contributed by atoms with E-state index < -0.39 is 0 Å². The molecule has 0 radical (unpaired) electrons. The number of fused-ring (bicyclic) bond motifs is 1. The molecule has 0 unspecified atom stereocenters. The van der Waals surface area contributed by atoms with Gasteiger partial charge in [0, 0.05) is 17.8 Å². The van der Waals surface area contributed by atoms with Crippen molar-refractivity contribution in [2.24, 2.45) is 5.73 Å². The molecule has 84 valence electrons. The Hall–Kier alpha value is -1.69. The van der Waals surface area contributed by atoms with Gasteiger partial charge in [-0.2, -0.15) is 14.6 Å². The predicted octanol–water partition coefficient (Wildman–Crippen LogP) is 0.301. The Morgan fingerprint density at radius 1 is 1.50 bits per heavy atom. The van der Waals surface area contributed by atoms with Crippen molar-refractivity contribution < 1.29 is 4.74 Å². The molecular formula is C10H13N5O. The van der Waals surface area contributed by atoms with Gasteiger partial charge in [0.1, 0.15) is 12.4 Å². The van der Waals surface area contributed by atoms with Gasteiger partial charge < -0.3 is 10.5 Å². The van der Waals surface area contributed by atoms with Gasteiger partial charge in [-0.05, 0) is 19.8 Å². The largest absolute Gasteiger partial charge is 0.474 e. The van der Waals surface area contributed by atoms with Crippen molar-refractivity contribution in [2.75, 3.05) is 0 Å². The van der Waals surface area contributed by atoms with Crippen LogP contribution in [0.4, 0.5) is 0 Å². The molecule has 0 atom stereocenters. The van der Waals surface area contributed by atoms with Crippen LogP contribution in [0.3, 0.4) is 0 Å². The third-order valence-electron chi connectivity index (χ3n) is 2.77. The summed E-state index contributed by atoms with van der Waals surface area (Å²) in [7, 11) is 0. The Morgan fingerprint density at radius 3 is 3.06 bits per heavy atom. The van der Waals surface area contributed by atoms with Crippen molar-refractivity contribution in [2.45, 2.75) is 31.9 Å². The van der Waals surface area contributed by atoms with Gasteiger partial charge in [0.2, 0.25) is 5.88 Å². The van der Waals surface area contributed by atoms with Crippen LogP contribution in [0.2, 0.25) is 0 Å². The number of nitrogens with two attached hydrogens (primary N) is 1. The SMILES string of the molecule is Cc1cc(OC2CC(N)C2)n2ncnc2n1. The quantitative estimate of drug-likeness (QED) is 0.786. The molecule has 0 aliphatic heterocycles. The summed E-state index contributed by atoms with van der Waals surface area (Å²) < 4.78 is 7.42. The highest BCUT2D eigenvalue weighted by Gasteiger charge is 2.28. The van der Waals surface area contributed by atoms with Crippen molar-refractivity contribution in [3.05, 3.63) is 18.1 Å². The lowest BCUT2D eigenvalue weighted by Crippen LogP contribution is -2.43. The van der Waals surface area contributed by atoms with E-state index in [4.69, 9.17) is 10.5 Å². The number of aryl methyl sites for hydroxylation is 1. The van der Waals surface area contributed by atoms with Gasteiger partial charge in [-0.15, -0.1) is 0 Å². The van der Waals surface area contributed by atoms with Crippen molar-refractivity contribution in [3.63, 3.8) is 0 Å². The smallest absolute Gasteiger partial charge is 0.255 e. The molecule has 2 aromatic rings. The summed E-state index contributed by atoms with van der Waals surface area (Å²) >= 11 is 0. The van der Waals surface area contributed by atoms with Gasteiger partial charge in [-0.3, -0.25) is 0 Å². The lowest BCUT2D eigenvalue weighted by Gasteiger charge is -2.32. The molecule has 0 aromatic carbocycles. The van der Waals surface area contributed by atoms with Gasteiger partial charge in [0.05, 0.1) is 0 Å². The minimum atomic E-state index is 0.198. The third kappa shape index (κ3) is 1.51. The lowest BCUT2D eigenvalue weighted by atomic mass is 9.90. The molecule has 2 heterocycles. The minimum absolute atomic E-state index is 0.198. The second-order valence-electron chi connectivity index (χ2n) is 4.18. The fourth-order valence-corrected chi connectivity index (χ4v) is 1.85. The maximum atomic E-state index is 5.81. The van der Waals surface area contributed by atoms with E-state index in [0.29, 0.717) is 11.7 Å². The van der Waals surface area contributed by atoms with Crippen LogP contribution in [0.5, 0.6) is 5.88 Å². The zero-order valence-corrected chi connectivity index (χ0v) is 9.00. The number of hydrogen-bond acceptors (Lipinski definition) is 5. The molecule has 1 aliphatic rings. The van der Waals surface area contributed by atoms with Crippen molar-refractivity contribution in [1.29, 1.82) is 0 Å². The van der Waals surface area contributed by atoms with E-state index in [0.717, 1.165) is 18.5 Å². The highest BCUT2D eigenvalue weighted by molar-refractivity contribution is 5.32. The van der Waals surface area contributed by atoms with Crippen LogP contribution in [-0.2, 0) is 0 Å². The third-order valence-corrected chi connectivity index (χ3v) is 2.77. The second kappa shape index (κ2) is 3.41. The molecule has 2 aromatic heterocycles. The van der Waals surface area contributed by atoms with Crippen LogP contribution < -0.4 is 10.5 Å². The van der Waals surface area contributed by atoms with Crippen LogP contribution in [0.25, 0.3) is 5.78 Å². The first-order valence-corrected chi connectivity index (χ1v) is 5.32. The monoisotopic (exact) mass is 219 g/mol. The van der Waals surface area contributed by atoms with Crippen LogP contribution in [0.15, 0.2) is 12.4 Å². The van der Waals surface area contributed by atoms with Crippen molar-refractivity contribution >= 4 is 5.78 Å². The fraction of sp³-hybridized carbons (Fsp3) is 0.500. The first-order chi connectivity index (χ1) is 7.72. The van der Waals surface area contributed by atoms with E-state index in [-0.39, 0.29) is 12.1 Å². The highest BCUT2D eigenvalue weighted by atomic mass is 16.5. The molecule has 1 fully saturated rings. The van der Waals surface area contributed by atoms with Gasteiger partial charge in [0.25, 0.3) is 5.78 Å². The van der Waals surface area contributed by atoms with E-state index in [1.54, 1.807) is 4.52 Å². The molecule has 6 nitrogen and oxygen atoms in total. The summed E-state index contributed by atoms with van der Waals surface area (Å²) in [6, 6.07) is 2.14. The van der Waals surface area contributed by atoms with E-state index in [1.807, 2.05) is 13.0 Å². The molecular weight excluding hydrogens is 206 g/mol. The number of nitrogens with zero attached hydrogens (tertiary/aromatic N) is 4. The van der Waals surface area contributed by atoms with E-state index >= 15 is 0 Å². The number of rotatable bonds is 2. The number of aromatic nitrogens is 4. The van der Waals surface area contributed by atoms with E-state index in [2.05, 4.69) is 15.1 Å². The van der Waals surface area contributed by atoms with Gasteiger partial charge in [-0.25, -0.2) is 4.98 Å². The van der Waals surface area contributed by atoms with E-state index in [9.17, 15) is 0 Å². The van der Waals surface area contributed by atoms with Gasteiger partial charge in [-0.1, -0.05) is 0 Å². The lowest BCUT2D eigenvalue weighted by molar-refractivity contribution is 0.0930. The normalized spacial score (nSPS) is 24.4. The zero-order chi connectivity index (χ0) is 11.1. The Kier molecular flexibility index (Phi) is 2.03. The second-order valence-corrected chi connectivity index (χ2v) is 4.18. The molecule has 0 saturated heterocycles. The van der Waals surface area contributed by atoms with Crippen molar-refractivity contribution in [1.82, 2.24) is 19.6 Å². The maximum Gasteiger partial charge on any atom is 0.255 e. The molecule has 0 bridgehead atoms. The first-order valence-electron chi connectivity index (χ1n) is 5.32. The summed E-state index contributed by atoms with van der Waals surface area (Å²) in [6.45, 7) is 1.91. The number of hydrogen-bond donors (Lipinski definition) is 1. The Labute approximate surface area is 92.4 Å². The Balaban J connectivity index is 1.92. The van der Waals surface area contributed by atoms with Gasteiger partial charge in [0.15, 0.2) is 0 Å². The molecule has 0 amide bonds. The molecule has 3 rings (SSSR count). The maximum absolute atomic E-state index is 5.81. The van der Waals surface area contributed by atoms with Crippen LogP contribution in [0, 0.1) is 6.92 Å². The molecule has 1 aliphatic carbocycles. The number of ether oxygens (including phenoxy) is 1. The van der Waals surface area contributed by atoms with Crippen LogP contribution in [-0.4, -0.2) is 31.7 Å². The summed E-state index contributed by atoms with van der Waals surface area (Å²) in [5.74, 6) is 1.26. The average Bonchev–Trinajstić information content (AvgIpc) is 2.62. The summed E-state index contributed by atoms with van der Waals surface area (Å²) in [5, 5.41) is 4.08. The summed E-state index contributed by atoms with van der Waals surface area (Å²) in [6.07, 6.45) is 3.47. The molecule has 16 heavy (non-hydrogen) atoms.